The van der Waals surface area contributed by atoms with E-state index in [4.69, 9.17) is 9.47 Å². The molecule has 0 saturated carbocycles. The molecule has 27 heavy (non-hydrogen) atoms. The van der Waals surface area contributed by atoms with Gasteiger partial charge in [-0.3, -0.25) is 9.56 Å². The van der Waals surface area contributed by atoms with Gasteiger partial charge in [0.2, 0.25) is 0 Å². The van der Waals surface area contributed by atoms with Crippen molar-refractivity contribution in [3.8, 4) is 5.69 Å². The second-order valence-electron chi connectivity index (χ2n) is 5.76. The van der Waals surface area contributed by atoms with E-state index in [-0.39, 0.29) is 12.2 Å². The van der Waals surface area contributed by atoms with E-state index < -0.39 is 18.1 Å². The largest absolute Gasteiger partial charge is 0.476 e. The molecule has 1 aliphatic heterocycles. The Kier molecular flexibility index (Phi) is 5.82. The molecule has 1 aromatic carbocycles. The van der Waals surface area contributed by atoms with E-state index in [1.165, 1.54) is 18.5 Å². The van der Waals surface area contributed by atoms with Crippen LogP contribution in [0.4, 0.5) is 4.39 Å². The van der Waals surface area contributed by atoms with Crippen LogP contribution in [0.1, 0.15) is 35.6 Å². The summed E-state index contributed by atoms with van der Waals surface area (Å²) in [5.41, 5.74) is 1.46. The smallest absolute Gasteiger partial charge is 0.356 e. The molecule has 2 heterocycles. The highest BCUT2D eigenvalue weighted by Gasteiger charge is 2.24. The number of aromatic carboxylic acids is 1. The highest BCUT2D eigenvalue weighted by atomic mass is 19.1. The average Bonchev–Trinajstić information content (AvgIpc) is 3.00. The standard InChI is InChI=1S/C18H21FN4O4/c1-3-26-15(27-4-2)9-21-17-12-7-11(19)5-6-13(12)23-10-22-16(18(24)25)14(23)8-20-17/h5-7,10,15H,3-4,8-9H2,1-2H3,(H,20,21)(H,24,25). The first-order valence-electron chi connectivity index (χ1n) is 8.66. The third-order valence-corrected chi connectivity index (χ3v) is 4.07. The van der Waals surface area contributed by atoms with Crippen molar-refractivity contribution in [2.45, 2.75) is 26.7 Å². The van der Waals surface area contributed by atoms with Crippen LogP contribution in [0.3, 0.4) is 0 Å². The van der Waals surface area contributed by atoms with Gasteiger partial charge in [-0.1, -0.05) is 0 Å². The van der Waals surface area contributed by atoms with Gasteiger partial charge >= 0.3 is 5.97 Å². The number of fused-ring (bicyclic) bond motifs is 3. The number of nitrogens with zero attached hydrogens (tertiary/aromatic N) is 3. The number of imidazole rings is 1. The van der Waals surface area contributed by atoms with Crippen molar-refractivity contribution in [2.24, 2.45) is 4.99 Å². The van der Waals surface area contributed by atoms with Crippen molar-refractivity contribution in [3.05, 3.63) is 47.3 Å². The fraction of sp³-hybridized carbons (Fsp3) is 0.389. The van der Waals surface area contributed by atoms with Crippen LogP contribution in [-0.2, 0) is 16.0 Å². The highest BCUT2D eigenvalue weighted by Crippen LogP contribution is 2.24. The second-order valence-corrected chi connectivity index (χ2v) is 5.76. The summed E-state index contributed by atoms with van der Waals surface area (Å²) in [6.07, 6.45) is 0.940. The van der Waals surface area contributed by atoms with Crippen molar-refractivity contribution in [3.63, 3.8) is 0 Å². The van der Waals surface area contributed by atoms with E-state index in [0.29, 0.717) is 42.5 Å². The lowest BCUT2D eigenvalue weighted by molar-refractivity contribution is -0.131. The van der Waals surface area contributed by atoms with Gasteiger partial charge in [-0.15, -0.1) is 0 Å². The Morgan fingerprint density at radius 2 is 2.11 bits per heavy atom. The minimum Gasteiger partial charge on any atom is -0.476 e. The first-order valence-corrected chi connectivity index (χ1v) is 8.66. The monoisotopic (exact) mass is 376 g/mol. The lowest BCUT2D eigenvalue weighted by atomic mass is 10.1. The van der Waals surface area contributed by atoms with Crippen molar-refractivity contribution in [2.75, 3.05) is 19.8 Å². The van der Waals surface area contributed by atoms with Crippen LogP contribution in [0.15, 0.2) is 29.5 Å². The number of carbonyl (C=O) groups is 1. The Morgan fingerprint density at radius 1 is 1.37 bits per heavy atom. The third kappa shape index (κ3) is 3.99. The van der Waals surface area contributed by atoms with E-state index in [9.17, 15) is 14.3 Å². The average molecular weight is 376 g/mol. The number of hydrogen-bond donors (Lipinski definition) is 2. The number of carboxylic acids is 1. The van der Waals surface area contributed by atoms with Gasteiger partial charge in [0.05, 0.1) is 24.5 Å². The fourth-order valence-corrected chi connectivity index (χ4v) is 2.93. The van der Waals surface area contributed by atoms with Crippen LogP contribution in [0.2, 0.25) is 0 Å². The summed E-state index contributed by atoms with van der Waals surface area (Å²) < 4.78 is 26.5. The van der Waals surface area contributed by atoms with Crippen molar-refractivity contribution < 1.29 is 23.8 Å². The molecule has 2 aromatic rings. The molecular formula is C18H21FN4O4. The molecule has 8 nitrogen and oxygen atoms in total. The maximum atomic E-state index is 13.9. The van der Waals surface area contributed by atoms with Gasteiger partial charge in [0, 0.05) is 18.8 Å². The van der Waals surface area contributed by atoms with Crippen LogP contribution in [0, 0.1) is 5.82 Å². The molecule has 144 valence electrons. The number of aliphatic imine (C=N–C) groups is 1. The Bertz CT molecular complexity index is 859. The molecule has 0 bridgehead atoms. The van der Waals surface area contributed by atoms with Crippen LogP contribution in [0.5, 0.6) is 0 Å². The summed E-state index contributed by atoms with van der Waals surface area (Å²) in [7, 11) is 0. The first kappa shape index (κ1) is 19.0. The number of nitrogens with one attached hydrogen (secondary N) is 1. The summed E-state index contributed by atoms with van der Waals surface area (Å²) >= 11 is 0. The quantitative estimate of drug-likeness (QED) is 0.717. The zero-order valence-corrected chi connectivity index (χ0v) is 15.1. The molecule has 1 aromatic heterocycles. The molecule has 0 fully saturated rings. The van der Waals surface area contributed by atoms with Gasteiger partial charge in [0.25, 0.3) is 0 Å². The maximum Gasteiger partial charge on any atom is 0.356 e. The number of hydrogen-bond acceptors (Lipinski definition) is 6. The molecule has 2 N–H and O–H groups in total. The molecule has 3 rings (SSSR count). The summed E-state index contributed by atoms with van der Waals surface area (Å²) in [6, 6.07) is 4.24. The van der Waals surface area contributed by atoms with E-state index in [0.717, 1.165) is 0 Å². The Morgan fingerprint density at radius 3 is 2.78 bits per heavy atom. The molecule has 0 saturated heterocycles. The van der Waals surface area contributed by atoms with Gasteiger partial charge in [-0.05, 0) is 32.0 Å². The molecule has 0 spiro atoms. The molecule has 0 radical (unpaired) electrons. The molecule has 1 aliphatic rings. The summed E-state index contributed by atoms with van der Waals surface area (Å²) in [4.78, 5) is 19.8. The molecule has 0 atom stereocenters. The molecule has 0 aliphatic carbocycles. The van der Waals surface area contributed by atoms with Crippen molar-refractivity contribution in [1.29, 1.82) is 0 Å². The molecule has 0 unspecified atom stereocenters. The van der Waals surface area contributed by atoms with Crippen molar-refractivity contribution in [1.82, 2.24) is 14.9 Å². The van der Waals surface area contributed by atoms with Crippen LogP contribution < -0.4 is 5.32 Å². The van der Waals surface area contributed by atoms with Gasteiger partial charge in [0.1, 0.15) is 18.0 Å². The van der Waals surface area contributed by atoms with Crippen molar-refractivity contribution >= 4 is 11.8 Å². The van der Waals surface area contributed by atoms with Gasteiger partial charge in [-0.25, -0.2) is 14.2 Å². The van der Waals surface area contributed by atoms with Gasteiger partial charge in [-0.2, -0.15) is 0 Å². The van der Waals surface area contributed by atoms with Crippen LogP contribution >= 0.6 is 0 Å². The Labute approximate surface area is 155 Å². The minimum absolute atomic E-state index is 0.0724. The van der Waals surface area contributed by atoms with E-state index in [1.54, 1.807) is 10.6 Å². The Balaban J connectivity index is 1.96. The Hall–Kier alpha value is -2.78. The topological polar surface area (TPSA) is 98.0 Å². The fourth-order valence-electron chi connectivity index (χ4n) is 2.93. The van der Waals surface area contributed by atoms with E-state index in [1.807, 2.05) is 13.8 Å². The molecular weight excluding hydrogens is 355 g/mol. The first-order chi connectivity index (χ1) is 13.0. The SMILES string of the molecule is CCOC(CNC1=NCc2c(C(=O)O)ncn2-c2ccc(F)cc21)OCC. The summed E-state index contributed by atoms with van der Waals surface area (Å²) in [6.45, 7) is 5.12. The summed E-state index contributed by atoms with van der Waals surface area (Å²) in [5.74, 6) is -1.11. The summed E-state index contributed by atoms with van der Waals surface area (Å²) in [5, 5.41) is 12.5. The third-order valence-electron chi connectivity index (χ3n) is 4.07. The van der Waals surface area contributed by atoms with E-state index in [2.05, 4.69) is 15.3 Å². The number of carboxylic acid groups (broad SMARTS) is 1. The minimum atomic E-state index is -1.13. The maximum absolute atomic E-state index is 13.9. The predicted octanol–water partition coefficient (Wildman–Crippen LogP) is 1.96. The molecule has 0 amide bonds. The lowest BCUT2D eigenvalue weighted by Gasteiger charge is -2.19. The van der Waals surface area contributed by atoms with E-state index >= 15 is 0 Å². The van der Waals surface area contributed by atoms with Gasteiger partial charge in [0.15, 0.2) is 12.0 Å². The number of aromatic nitrogens is 2. The lowest BCUT2D eigenvalue weighted by Crippen LogP contribution is -2.36. The van der Waals surface area contributed by atoms with Gasteiger partial charge < -0.3 is 19.9 Å². The number of halogens is 1. The highest BCUT2D eigenvalue weighted by molar-refractivity contribution is 6.02. The normalized spacial score (nSPS) is 13.0. The number of benzene rings is 1. The molecule has 9 heteroatoms. The zero-order chi connectivity index (χ0) is 19.4. The predicted molar refractivity (Wildman–Crippen MR) is 95.8 cm³/mol. The van der Waals surface area contributed by atoms with Crippen LogP contribution in [-0.4, -0.2) is 52.5 Å². The zero-order valence-electron chi connectivity index (χ0n) is 15.1. The number of ether oxygens (including phenoxy) is 2. The second kappa shape index (κ2) is 8.28. The van der Waals surface area contributed by atoms with Crippen LogP contribution in [0.25, 0.3) is 5.69 Å². The number of rotatable bonds is 7. The number of amidine groups is 1.